The first-order chi connectivity index (χ1) is 7.95. The van der Waals surface area contributed by atoms with Crippen LogP contribution in [0.5, 0.6) is 0 Å². The molecule has 0 rings (SSSR count). The molecular weight excluding hydrogens is 239 g/mol. The van der Waals surface area contributed by atoms with E-state index in [0.717, 1.165) is 0 Å². The lowest BCUT2D eigenvalue weighted by Crippen LogP contribution is -2.35. The quantitative estimate of drug-likeness (QED) is 0.605. The van der Waals surface area contributed by atoms with Gasteiger partial charge in [0.1, 0.15) is 6.61 Å². The van der Waals surface area contributed by atoms with Gasteiger partial charge in [-0.15, -0.1) is 0 Å². The number of rotatable bonds is 8. The highest BCUT2D eigenvalue weighted by Gasteiger charge is 2.27. The second kappa shape index (κ2) is 8.78. The highest BCUT2D eigenvalue weighted by Crippen LogP contribution is 2.13. The number of halogens is 3. The van der Waals surface area contributed by atoms with Gasteiger partial charge >= 0.3 is 6.18 Å². The van der Waals surface area contributed by atoms with Gasteiger partial charge in [-0.3, -0.25) is 4.79 Å². The second-order valence-corrected chi connectivity index (χ2v) is 3.10. The van der Waals surface area contributed by atoms with E-state index in [9.17, 15) is 18.0 Å². The third kappa shape index (κ3) is 12.6. The Kier molecular flexibility index (Phi) is 8.09. The molecule has 0 aromatic rings. The molecule has 0 aliphatic heterocycles. The summed E-state index contributed by atoms with van der Waals surface area (Å²) >= 11 is 0. The summed E-state index contributed by atoms with van der Waals surface area (Å²) in [5.74, 6) is -0.309. The average Bonchev–Trinajstić information content (AvgIpc) is 2.22. The van der Waals surface area contributed by atoms with E-state index < -0.39 is 12.8 Å². The predicted molar refractivity (Wildman–Crippen MR) is 53.0 cm³/mol. The molecule has 0 aliphatic carbocycles. The lowest BCUT2D eigenvalue weighted by molar-refractivity contribution is -0.173. The van der Waals surface area contributed by atoms with Crippen molar-refractivity contribution in [2.24, 2.45) is 0 Å². The smallest absolute Gasteiger partial charge is 0.371 e. The number of amides is 1. The zero-order valence-corrected chi connectivity index (χ0v) is 9.14. The summed E-state index contributed by atoms with van der Waals surface area (Å²) in [4.78, 5) is 11.0. The maximum Gasteiger partial charge on any atom is 0.411 e. The number of hydrogen-bond acceptors (Lipinski definition) is 4. The molecule has 0 saturated heterocycles. The number of nitrogens with zero attached hydrogens (tertiary/aromatic N) is 1. The normalized spacial score (nSPS) is 10.9. The summed E-state index contributed by atoms with van der Waals surface area (Å²) in [6.45, 7) is -1.00. The Morgan fingerprint density at radius 3 is 2.65 bits per heavy atom. The number of nitriles is 1. The average molecular weight is 253 g/mol. The van der Waals surface area contributed by atoms with Gasteiger partial charge in [0.15, 0.2) is 0 Å². The standard InChI is InChI=1S/C9H14F3N3O2/c10-9(11,12)7-17-5-4-14-6-8(16)15-3-1-2-13/h14H,1,3-7H2,(H,15,16). The van der Waals surface area contributed by atoms with E-state index in [1.807, 2.05) is 6.07 Å². The van der Waals surface area contributed by atoms with Crippen molar-refractivity contribution in [3.63, 3.8) is 0 Å². The minimum atomic E-state index is -4.32. The summed E-state index contributed by atoms with van der Waals surface area (Å²) in [6, 6.07) is 1.86. The van der Waals surface area contributed by atoms with Crippen molar-refractivity contribution in [3.8, 4) is 6.07 Å². The third-order valence-corrected chi connectivity index (χ3v) is 1.53. The van der Waals surface area contributed by atoms with Crippen LogP contribution in [0.2, 0.25) is 0 Å². The van der Waals surface area contributed by atoms with Crippen molar-refractivity contribution in [3.05, 3.63) is 0 Å². The molecule has 17 heavy (non-hydrogen) atoms. The largest absolute Gasteiger partial charge is 0.411 e. The number of hydrogen-bond donors (Lipinski definition) is 2. The van der Waals surface area contributed by atoms with Crippen molar-refractivity contribution in [2.75, 3.05) is 32.8 Å². The van der Waals surface area contributed by atoms with Crippen LogP contribution in [0.4, 0.5) is 13.2 Å². The summed E-state index contributed by atoms with van der Waals surface area (Å²) in [5.41, 5.74) is 0. The molecular formula is C9H14F3N3O2. The number of carbonyl (C=O) groups is 1. The van der Waals surface area contributed by atoms with E-state index >= 15 is 0 Å². The van der Waals surface area contributed by atoms with Crippen molar-refractivity contribution < 1.29 is 22.7 Å². The Hall–Kier alpha value is -1.33. The van der Waals surface area contributed by atoms with Crippen LogP contribution in [0.15, 0.2) is 0 Å². The van der Waals surface area contributed by atoms with Gasteiger partial charge in [0.05, 0.1) is 25.6 Å². The van der Waals surface area contributed by atoms with E-state index in [2.05, 4.69) is 15.4 Å². The molecule has 0 radical (unpaired) electrons. The van der Waals surface area contributed by atoms with Crippen LogP contribution in [0.1, 0.15) is 6.42 Å². The van der Waals surface area contributed by atoms with Crippen molar-refractivity contribution in [1.82, 2.24) is 10.6 Å². The number of alkyl halides is 3. The van der Waals surface area contributed by atoms with Crippen LogP contribution in [0, 0.1) is 11.3 Å². The first-order valence-electron chi connectivity index (χ1n) is 4.94. The van der Waals surface area contributed by atoms with Gasteiger partial charge in [-0.05, 0) is 0 Å². The maximum atomic E-state index is 11.6. The Balaban J connectivity index is 3.28. The molecule has 0 fully saturated rings. The number of ether oxygens (including phenoxy) is 1. The van der Waals surface area contributed by atoms with Crippen LogP contribution in [-0.2, 0) is 9.53 Å². The first-order valence-corrected chi connectivity index (χ1v) is 4.94. The Bertz CT molecular complexity index is 263. The van der Waals surface area contributed by atoms with Crippen molar-refractivity contribution >= 4 is 5.91 Å². The van der Waals surface area contributed by atoms with Gasteiger partial charge in [-0.2, -0.15) is 18.4 Å². The van der Waals surface area contributed by atoms with E-state index in [-0.39, 0.29) is 38.6 Å². The summed E-state index contributed by atoms with van der Waals surface area (Å²) < 4.78 is 39.2. The van der Waals surface area contributed by atoms with Gasteiger partial charge in [-0.25, -0.2) is 0 Å². The molecule has 0 aromatic carbocycles. The molecule has 8 heteroatoms. The summed E-state index contributed by atoms with van der Waals surface area (Å²) in [5, 5.41) is 13.3. The molecule has 0 heterocycles. The van der Waals surface area contributed by atoms with Crippen LogP contribution < -0.4 is 10.6 Å². The molecule has 0 aliphatic rings. The Morgan fingerprint density at radius 1 is 1.35 bits per heavy atom. The Morgan fingerprint density at radius 2 is 2.06 bits per heavy atom. The fraction of sp³-hybridized carbons (Fsp3) is 0.778. The SMILES string of the molecule is N#CCCNC(=O)CNCCOCC(F)(F)F. The molecule has 5 nitrogen and oxygen atoms in total. The maximum absolute atomic E-state index is 11.6. The molecule has 0 aromatic heterocycles. The van der Waals surface area contributed by atoms with Crippen LogP contribution in [0.3, 0.4) is 0 Å². The third-order valence-electron chi connectivity index (χ3n) is 1.53. The van der Waals surface area contributed by atoms with Crippen molar-refractivity contribution in [1.29, 1.82) is 5.26 Å². The van der Waals surface area contributed by atoms with E-state index in [1.165, 1.54) is 0 Å². The van der Waals surface area contributed by atoms with Gasteiger partial charge in [0.25, 0.3) is 0 Å². The van der Waals surface area contributed by atoms with Gasteiger partial charge in [0, 0.05) is 13.1 Å². The molecule has 2 N–H and O–H groups in total. The fourth-order valence-electron chi connectivity index (χ4n) is 0.854. The molecule has 0 unspecified atom stereocenters. The van der Waals surface area contributed by atoms with Crippen LogP contribution in [-0.4, -0.2) is 44.9 Å². The van der Waals surface area contributed by atoms with Gasteiger partial charge in [-0.1, -0.05) is 0 Å². The lowest BCUT2D eigenvalue weighted by Gasteiger charge is -2.08. The predicted octanol–water partition coefficient (Wildman–Crippen LogP) is 0.185. The summed E-state index contributed by atoms with van der Waals surface area (Å²) in [6.07, 6.45) is -4.10. The monoisotopic (exact) mass is 253 g/mol. The van der Waals surface area contributed by atoms with E-state index in [1.54, 1.807) is 0 Å². The zero-order valence-electron chi connectivity index (χ0n) is 9.14. The lowest BCUT2D eigenvalue weighted by atomic mass is 10.4. The zero-order chi connectivity index (χ0) is 13.1. The minimum absolute atomic E-state index is 0.0131. The van der Waals surface area contributed by atoms with E-state index in [4.69, 9.17) is 5.26 Å². The topological polar surface area (TPSA) is 74.2 Å². The molecule has 0 saturated carbocycles. The van der Waals surface area contributed by atoms with Gasteiger partial charge in [0.2, 0.25) is 5.91 Å². The highest BCUT2D eigenvalue weighted by molar-refractivity contribution is 5.77. The second-order valence-electron chi connectivity index (χ2n) is 3.10. The van der Waals surface area contributed by atoms with E-state index in [0.29, 0.717) is 0 Å². The number of carbonyl (C=O) groups excluding carboxylic acids is 1. The first kappa shape index (κ1) is 15.7. The molecule has 0 atom stereocenters. The molecule has 98 valence electrons. The summed E-state index contributed by atoms with van der Waals surface area (Å²) in [7, 11) is 0. The van der Waals surface area contributed by atoms with Crippen LogP contribution >= 0.6 is 0 Å². The highest BCUT2D eigenvalue weighted by atomic mass is 19.4. The van der Waals surface area contributed by atoms with Gasteiger partial charge < -0.3 is 15.4 Å². The Labute approximate surface area is 96.9 Å². The molecule has 0 spiro atoms. The number of nitrogens with one attached hydrogen (secondary N) is 2. The molecule has 0 bridgehead atoms. The molecule has 1 amide bonds. The van der Waals surface area contributed by atoms with Crippen molar-refractivity contribution in [2.45, 2.75) is 12.6 Å². The van der Waals surface area contributed by atoms with Crippen LogP contribution in [0.25, 0.3) is 0 Å². The minimum Gasteiger partial charge on any atom is -0.371 e. The fourth-order valence-corrected chi connectivity index (χ4v) is 0.854.